The Balaban J connectivity index is 2.20. The summed E-state index contributed by atoms with van der Waals surface area (Å²) in [7, 11) is 0. The van der Waals surface area contributed by atoms with Crippen LogP contribution in [0.15, 0.2) is 24.3 Å². The molecule has 2 N–H and O–H groups in total. The van der Waals surface area contributed by atoms with Crippen LogP contribution in [0, 0.1) is 0 Å². The fourth-order valence-electron chi connectivity index (χ4n) is 1.46. The summed E-state index contributed by atoms with van der Waals surface area (Å²) in [4.78, 5) is 11.5. The Kier molecular flexibility index (Phi) is 7.06. The van der Waals surface area contributed by atoms with Crippen LogP contribution in [-0.4, -0.2) is 24.2 Å². The van der Waals surface area contributed by atoms with E-state index in [1.165, 1.54) is 0 Å². The van der Waals surface area contributed by atoms with Crippen molar-refractivity contribution in [3.05, 3.63) is 35.4 Å². The first-order valence-electron chi connectivity index (χ1n) is 6.29. The molecule has 0 saturated carbocycles. The lowest BCUT2D eigenvalue weighted by atomic mass is 10.1. The molecule has 0 aliphatic carbocycles. The van der Waals surface area contributed by atoms with Gasteiger partial charge in [0.15, 0.2) is 0 Å². The molecule has 1 aromatic carbocycles. The molecule has 0 bridgehead atoms. The fraction of sp³-hybridized carbons (Fsp3) is 0.500. The number of carbonyl (C=O) groups excluding carboxylic acids is 1. The minimum Gasteiger partial charge on any atom is -0.392 e. The Morgan fingerprint density at radius 3 is 2.50 bits per heavy atom. The molecule has 0 aliphatic rings. The van der Waals surface area contributed by atoms with Crippen LogP contribution in [0.4, 0.5) is 0 Å². The molecule has 0 spiro atoms. The monoisotopic (exact) mass is 251 g/mol. The average Bonchev–Trinajstić information content (AvgIpc) is 2.42. The molecule has 1 aromatic rings. The van der Waals surface area contributed by atoms with E-state index in [4.69, 9.17) is 9.84 Å². The molecule has 18 heavy (non-hydrogen) atoms. The summed E-state index contributed by atoms with van der Waals surface area (Å²) in [5.74, 6) is -0.00247. The zero-order chi connectivity index (χ0) is 13.2. The Bertz CT molecular complexity index is 349. The first-order chi connectivity index (χ1) is 8.76. The van der Waals surface area contributed by atoms with Gasteiger partial charge in [-0.15, -0.1) is 0 Å². The normalized spacial score (nSPS) is 10.3. The highest BCUT2D eigenvalue weighted by molar-refractivity contribution is 5.75. The van der Waals surface area contributed by atoms with Crippen molar-refractivity contribution >= 4 is 5.91 Å². The van der Waals surface area contributed by atoms with Crippen molar-refractivity contribution in [1.29, 1.82) is 0 Å². The van der Waals surface area contributed by atoms with Gasteiger partial charge in [-0.1, -0.05) is 31.2 Å². The van der Waals surface area contributed by atoms with Crippen LogP contribution in [0.2, 0.25) is 0 Å². The lowest BCUT2D eigenvalue weighted by Gasteiger charge is -2.06. The lowest BCUT2D eigenvalue weighted by molar-refractivity contribution is -0.122. The van der Waals surface area contributed by atoms with E-state index < -0.39 is 0 Å². The van der Waals surface area contributed by atoms with Gasteiger partial charge in [0.2, 0.25) is 5.91 Å². The Morgan fingerprint density at radius 1 is 1.22 bits per heavy atom. The number of hydrogen-bond acceptors (Lipinski definition) is 3. The third-order valence-electron chi connectivity index (χ3n) is 2.52. The highest BCUT2D eigenvalue weighted by Gasteiger charge is 2.01. The van der Waals surface area contributed by atoms with Crippen LogP contribution in [-0.2, 0) is 22.7 Å². The van der Waals surface area contributed by atoms with Crippen molar-refractivity contribution in [3.8, 4) is 0 Å². The third-order valence-corrected chi connectivity index (χ3v) is 2.52. The second-order valence-corrected chi connectivity index (χ2v) is 4.11. The van der Waals surface area contributed by atoms with Gasteiger partial charge in [0, 0.05) is 19.6 Å². The zero-order valence-electron chi connectivity index (χ0n) is 10.8. The van der Waals surface area contributed by atoms with Crippen LogP contribution < -0.4 is 5.32 Å². The van der Waals surface area contributed by atoms with Crippen molar-refractivity contribution in [1.82, 2.24) is 5.32 Å². The number of benzene rings is 1. The number of amides is 1. The summed E-state index contributed by atoms with van der Waals surface area (Å²) < 4.78 is 5.25. The minimum absolute atomic E-state index is 0.00247. The molecule has 0 atom stereocenters. The summed E-state index contributed by atoms with van der Waals surface area (Å²) in [6.45, 7) is 3.77. The summed E-state index contributed by atoms with van der Waals surface area (Å²) in [6, 6.07) is 7.51. The van der Waals surface area contributed by atoms with E-state index in [-0.39, 0.29) is 12.5 Å². The second-order valence-electron chi connectivity index (χ2n) is 4.11. The molecule has 1 rings (SSSR count). The molecule has 0 aliphatic heterocycles. The molecule has 0 fully saturated rings. The number of ether oxygens (including phenoxy) is 1. The van der Waals surface area contributed by atoms with Crippen molar-refractivity contribution in [2.75, 3.05) is 13.2 Å². The minimum atomic E-state index is -0.00247. The number of aliphatic hydroxyl groups is 1. The van der Waals surface area contributed by atoms with Crippen LogP contribution in [0.3, 0.4) is 0 Å². The molecular weight excluding hydrogens is 230 g/mol. The van der Waals surface area contributed by atoms with Crippen LogP contribution in [0.25, 0.3) is 0 Å². The van der Waals surface area contributed by atoms with Gasteiger partial charge in [-0.05, 0) is 17.5 Å². The van der Waals surface area contributed by atoms with E-state index in [0.29, 0.717) is 26.2 Å². The standard InChI is InChI=1S/C14H21NO3/c1-2-8-18-9-7-14(17)15-10-12-3-5-13(11-16)6-4-12/h3-6,16H,2,7-11H2,1H3,(H,15,17). The summed E-state index contributed by atoms with van der Waals surface area (Å²) in [5, 5.41) is 11.7. The average molecular weight is 251 g/mol. The predicted octanol–water partition coefficient (Wildman–Crippen LogP) is 1.61. The van der Waals surface area contributed by atoms with Crippen LogP contribution in [0.5, 0.6) is 0 Å². The van der Waals surface area contributed by atoms with Crippen molar-refractivity contribution < 1.29 is 14.6 Å². The van der Waals surface area contributed by atoms with Crippen LogP contribution in [0.1, 0.15) is 30.9 Å². The molecule has 4 heteroatoms. The number of hydrogen-bond donors (Lipinski definition) is 2. The SMILES string of the molecule is CCCOCCC(=O)NCc1ccc(CO)cc1. The van der Waals surface area contributed by atoms with Gasteiger partial charge in [0.05, 0.1) is 13.2 Å². The van der Waals surface area contributed by atoms with E-state index in [9.17, 15) is 4.79 Å². The highest BCUT2D eigenvalue weighted by atomic mass is 16.5. The molecule has 0 unspecified atom stereocenters. The Morgan fingerprint density at radius 2 is 1.89 bits per heavy atom. The Labute approximate surface area is 108 Å². The molecule has 4 nitrogen and oxygen atoms in total. The van der Waals surface area contributed by atoms with Gasteiger partial charge >= 0.3 is 0 Å². The maximum absolute atomic E-state index is 11.5. The molecule has 0 saturated heterocycles. The summed E-state index contributed by atoms with van der Waals surface area (Å²) in [6.07, 6.45) is 1.37. The summed E-state index contributed by atoms with van der Waals surface area (Å²) >= 11 is 0. The van der Waals surface area contributed by atoms with Crippen molar-refractivity contribution in [3.63, 3.8) is 0 Å². The highest BCUT2D eigenvalue weighted by Crippen LogP contribution is 2.04. The van der Waals surface area contributed by atoms with Gasteiger partial charge in [-0.2, -0.15) is 0 Å². The third kappa shape index (κ3) is 5.80. The lowest BCUT2D eigenvalue weighted by Crippen LogP contribution is -2.23. The number of nitrogens with one attached hydrogen (secondary N) is 1. The first-order valence-corrected chi connectivity index (χ1v) is 6.29. The van der Waals surface area contributed by atoms with Crippen LogP contribution >= 0.6 is 0 Å². The van der Waals surface area contributed by atoms with E-state index in [0.717, 1.165) is 17.5 Å². The molecule has 0 heterocycles. The van der Waals surface area contributed by atoms with Crippen molar-refractivity contribution in [2.45, 2.75) is 32.9 Å². The van der Waals surface area contributed by atoms with Gasteiger partial charge in [0.25, 0.3) is 0 Å². The number of aliphatic hydroxyl groups excluding tert-OH is 1. The van der Waals surface area contributed by atoms with Gasteiger partial charge in [-0.25, -0.2) is 0 Å². The van der Waals surface area contributed by atoms with E-state index in [2.05, 4.69) is 5.32 Å². The molecule has 0 radical (unpaired) electrons. The largest absolute Gasteiger partial charge is 0.392 e. The van der Waals surface area contributed by atoms with E-state index in [1.54, 1.807) is 0 Å². The molecule has 0 aromatic heterocycles. The molecule has 1 amide bonds. The van der Waals surface area contributed by atoms with Gasteiger partial charge < -0.3 is 15.2 Å². The topological polar surface area (TPSA) is 58.6 Å². The zero-order valence-corrected chi connectivity index (χ0v) is 10.8. The quantitative estimate of drug-likeness (QED) is 0.690. The first kappa shape index (κ1) is 14.7. The number of rotatable bonds is 8. The van der Waals surface area contributed by atoms with Gasteiger partial charge in [-0.3, -0.25) is 4.79 Å². The smallest absolute Gasteiger partial charge is 0.222 e. The Hall–Kier alpha value is -1.39. The predicted molar refractivity (Wildman–Crippen MR) is 69.9 cm³/mol. The van der Waals surface area contributed by atoms with E-state index in [1.807, 2.05) is 31.2 Å². The molecular formula is C14H21NO3. The molecule has 100 valence electrons. The van der Waals surface area contributed by atoms with Crippen molar-refractivity contribution in [2.24, 2.45) is 0 Å². The van der Waals surface area contributed by atoms with Gasteiger partial charge in [0.1, 0.15) is 0 Å². The maximum atomic E-state index is 11.5. The number of carbonyl (C=O) groups is 1. The van der Waals surface area contributed by atoms with E-state index >= 15 is 0 Å². The summed E-state index contributed by atoms with van der Waals surface area (Å²) in [5.41, 5.74) is 1.90. The fourth-order valence-corrected chi connectivity index (χ4v) is 1.46. The maximum Gasteiger partial charge on any atom is 0.222 e. The second kappa shape index (κ2) is 8.66.